The van der Waals surface area contributed by atoms with Crippen LogP contribution < -0.4 is 0 Å². The lowest BCUT2D eigenvalue weighted by atomic mass is 10.1. The number of rotatable bonds is 7. The van der Waals surface area contributed by atoms with Gasteiger partial charge in [-0.1, -0.05) is 30.3 Å². The Balaban J connectivity index is 2.63. The third-order valence-electron chi connectivity index (χ3n) is 2.91. The average Bonchev–Trinajstić information content (AvgIpc) is 2.43. The number of hydrogen-bond donors (Lipinski definition) is 1. The van der Waals surface area contributed by atoms with Crippen molar-refractivity contribution in [3.8, 4) is 0 Å². The third-order valence-corrected chi connectivity index (χ3v) is 2.91. The van der Waals surface area contributed by atoms with Crippen LogP contribution in [0.25, 0.3) is 0 Å². The lowest BCUT2D eigenvalue weighted by Gasteiger charge is -2.25. The van der Waals surface area contributed by atoms with Gasteiger partial charge >= 0.3 is 12.1 Å². The van der Waals surface area contributed by atoms with Gasteiger partial charge in [-0.2, -0.15) is 13.2 Å². The van der Waals surface area contributed by atoms with Crippen molar-refractivity contribution in [2.24, 2.45) is 0 Å². The number of nitrogens with zero attached hydrogens (tertiary/aromatic N) is 1. The van der Waals surface area contributed by atoms with Crippen LogP contribution in [0, 0.1) is 0 Å². The number of carboxylic acid groups (broad SMARTS) is 1. The summed E-state index contributed by atoms with van der Waals surface area (Å²) in [6, 6.07) is 7.44. The Bertz CT molecular complexity index is 505. The molecule has 1 aromatic carbocycles. The molecule has 0 heterocycles. The highest BCUT2D eigenvalue weighted by molar-refractivity contribution is 5.84. The molecular weight excluding hydrogens is 303 g/mol. The molecular formula is C14H16F3NO4. The van der Waals surface area contributed by atoms with Crippen LogP contribution in [-0.4, -0.2) is 54.4 Å². The number of carbonyl (C=O) groups excluding carboxylic acids is 1. The number of ether oxygens (including phenoxy) is 1. The summed E-state index contributed by atoms with van der Waals surface area (Å²) in [7, 11) is 1.22. The minimum Gasteiger partial charge on any atom is -0.480 e. The summed E-state index contributed by atoms with van der Waals surface area (Å²) in [6.45, 7) is -2.38. The number of benzene rings is 1. The lowest BCUT2D eigenvalue weighted by Crippen LogP contribution is -2.45. The van der Waals surface area contributed by atoms with Crippen LogP contribution in [0.5, 0.6) is 0 Å². The molecule has 122 valence electrons. The van der Waals surface area contributed by atoms with Gasteiger partial charge in [0.1, 0.15) is 19.3 Å². The molecule has 1 amide bonds. The number of aliphatic carboxylic acids is 1. The van der Waals surface area contributed by atoms with E-state index in [0.29, 0.717) is 5.56 Å². The van der Waals surface area contributed by atoms with Crippen molar-refractivity contribution in [2.45, 2.75) is 18.6 Å². The van der Waals surface area contributed by atoms with E-state index >= 15 is 0 Å². The summed E-state index contributed by atoms with van der Waals surface area (Å²) < 4.78 is 40.1. The van der Waals surface area contributed by atoms with Crippen molar-refractivity contribution in [2.75, 3.05) is 20.3 Å². The van der Waals surface area contributed by atoms with E-state index in [9.17, 15) is 27.9 Å². The molecule has 0 aliphatic carbocycles. The first kappa shape index (κ1) is 18.0. The second kappa shape index (κ2) is 7.79. The van der Waals surface area contributed by atoms with Gasteiger partial charge in [-0.05, 0) is 5.56 Å². The van der Waals surface area contributed by atoms with Crippen LogP contribution in [0.2, 0.25) is 0 Å². The van der Waals surface area contributed by atoms with Gasteiger partial charge in [0.2, 0.25) is 5.91 Å². The van der Waals surface area contributed by atoms with Crippen molar-refractivity contribution >= 4 is 11.9 Å². The molecule has 22 heavy (non-hydrogen) atoms. The Kier molecular flexibility index (Phi) is 6.36. The normalized spacial score (nSPS) is 12.7. The molecule has 0 spiro atoms. The zero-order chi connectivity index (χ0) is 16.8. The quantitative estimate of drug-likeness (QED) is 0.831. The maximum atomic E-state index is 11.9. The highest BCUT2D eigenvalue weighted by Crippen LogP contribution is 2.14. The van der Waals surface area contributed by atoms with Crippen LogP contribution in [0.3, 0.4) is 0 Å². The fraction of sp³-hybridized carbons (Fsp3) is 0.429. The van der Waals surface area contributed by atoms with Gasteiger partial charge in [0.15, 0.2) is 0 Å². The Morgan fingerprint density at radius 3 is 2.36 bits per heavy atom. The first-order chi connectivity index (χ1) is 10.2. The molecule has 1 atom stereocenters. The fourth-order valence-electron chi connectivity index (χ4n) is 1.76. The molecule has 0 aliphatic rings. The van der Waals surface area contributed by atoms with Gasteiger partial charge in [-0.15, -0.1) is 0 Å². The van der Waals surface area contributed by atoms with Crippen LogP contribution in [-0.2, 0) is 20.7 Å². The summed E-state index contributed by atoms with van der Waals surface area (Å²) in [5.74, 6) is -2.07. The predicted octanol–water partition coefficient (Wildman–Crippen LogP) is 1.72. The SMILES string of the molecule is CN(C(=O)COCC(F)(F)F)C(Cc1ccccc1)C(=O)O. The lowest BCUT2D eigenvalue weighted by molar-refractivity contribution is -0.178. The van der Waals surface area contributed by atoms with Crippen LogP contribution in [0.15, 0.2) is 30.3 Å². The number of carbonyl (C=O) groups is 2. The number of amides is 1. The Morgan fingerprint density at radius 2 is 1.86 bits per heavy atom. The van der Waals surface area contributed by atoms with Gasteiger partial charge in [0.25, 0.3) is 0 Å². The molecule has 0 saturated carbocycles. The molecule has 0 aromatic heterocycles. The Labute approximate surface area is 125 Å². The summed E-state index contributed by atoms with van der Waals surface area (Å²) in [5.41, 5.74) is 0.700. The second-order valence-corrected chi connectivity index (χ2v) is 4.66. The minimum atomic E-state index is -4.53. The van der Waals surface area contributed by atoms with E-state index in [2.05, 4.69) is 4.74 Å². The number of hydrogen-bond acceptors (Lipinski definition) is 3. The van der Waals surface area contributed by atoms with Crippen molar-refractivity contribution in [1.82, 2.24) is 4.90 Å². The zero-order valence-electron chi connectivity index (χ0n) is 11.8. The van der Waals surface area contributed by atoms with Gasteiger partial charge in [0.05, 0.1) is 0 Å². The second-order valence-electron chi connectivity index (χ2n) is 4.66. The highest BCUT2D eigenvalue weighted by Gasteiger charge is 2.30. The van der Waals surface area contributed by atoms with Gasteiger partial charge in [-0.25, -0.2) is 4.79 Å². The molecule has 0 bridgehead atoms. The summed E-state index contributed by atoms with van der Waals surface area (Å²) in [5, 5.41) is 9.19. The molecule has 1 rings (SSSR count). The number of alkyl halides is 3. The van der Waals surface area contributed by atoms with E-state index in [4.69, 9.17) is 0 Å². The van der Waals surface area contributed by atoms with Gasteiger partial charge in [-0.3, -0.25) is 4.79 Å². The molecule has 0 aliphatic heterocycles. The highest BCUT2D eigenvalue weighted by atomic mass is 19.4. The number of likely N-dealkylation sites (N-methyl/N-ethyl adjacent to an activating group) is 1. The van der Waals surface area contributed by atoms with E-state index < -0.39 is 37.3 Å². The summed E-state index contributed by atoms with van der Waals surface area (Å²) in [6.07, 6.45) is -4.48. The first-order valence-electron chi connectivity index (χ1n) is 6.37. The molecule has 1 unspecified atom stereocenters. The zero-order valence-corrected chi connectivity index (χ0v) is 11.8. The van der Waals surface area contributed by atoms with Gasteiger partial charge < -0.3 is 14.7 Å². The predicted molar refractivity (Wildman–Crippen MR) is 71.2 cm³/mol. The van der Waals surface area contributed by atoms with Crippen molar-refractivity contribution < 1.29 is 32.6 Å². The van der Waals surface area contributed by atoms with Crippen LogP contribution in [0.4, 0.5) is 13.2 Å². The maximum absolute atomic E-state index is 11.9. The Hall–Kier alpha value is -2.09. The standard InChI is InChI=1S/C14H16F3NO4/c1-18(12(19)8-22-9-14(15,16)17)11(13(20)21)7-10-5-3-2-4-6-10/h2-6,11H,7-9H2,1H3,(H,20,21). The van der Waals surface area contributed by atoms with Crippen molar-refractivity contribution in [1.29, 1.82) is 0 Å². The molecule has 1 N–H and O–H groups in total. The maximum Gasteiger partial charge on any atom is 0.411 e. The molecule has 5 nitrogen and oxygen atoms in total. The average molecular weight is 319 g/mol. The molecule has 8 heteroatoms. The van der Waals surface area contributed by atoms with E-state index in [0.717, 1.165) is 4.90 Å². The monoisotopic (exact) mass is 319 g/mol. The molecule has 1 aromatic rings. The molecule has 0 radical (unpaired) electrons. The van der Waals surface area contributed by atoms with Gasteiger partial charge in [0, 0.05) is 13.5 Å². The first-order valence-corrected chi connectivity index (χ1v) is 6.37. The number of halogens is 3. The van der Waals surface area contributed by atoms with Crippen molar-refractivity contribution in [3.63, 3.8) is 0 Å². The molecule has 0 fully saturated rings. The van der Waals surface area contributed by atoms with Crippen LogP contribution >= 0.6 is 0 Å². The van der Waals surface area contributed by atoms with Crippen molar-refractivity contribution in [3.05, 3.63) is 35.9 Å². The summed E-state index contributed by atoms with van der Waals surface area (Å²) >= 11 is 0. The third kappa shape index (κ3) is 6.13. The fourth-order valence-corrected chi connectivity index (χ4v) is 1.76. The minimum absolute atomic E-state index is 0.0533. The van der Waals surface area contributed by atoms with E-state index in [1.54, 1.807) is 30.3 Å². The van der Waals surface area contributed by atoms with E-state index in [1.807, 2.05) is 0 Å². The largest absolute Gasteiger partial charge is 0.480 e. The topological polar surface area (TPSA) is 66.8 Å². The number of carboxylic acids is 1. The van der Waals surface area contributed by atoms with E-state index in [1.165, 1.54) is 7.05 Å². The molecule has 0 saturated heterocycles. The summed E-state index contributed by atoms with van der Waals surface area (Å²) in [4.78, 5) is 23.9. The smallest absolute Gasteiger partial charge is 0.411 e. The van der Waals surface area contributed by atoms with E-state index in [-0.39, 0.29) is 6.42 Å². The Morgan fingerprint density at radius 1 is 1.27 bits per heavy atom. The van der Waals surface area contributed by atoms with Crippen LogP contribution in [0.1, 0.15) is 5.56 Å².